The zero-order valence-electron chi connectivity index (χ0n) is 6.53. The highest BCUT2D eigenvalue weighted by Gasteiger charge is 2.18. The predicted octanol–water partition coefficient (Wildman–Crippen LogP) is 2.71. The molecule has 0 atom stereocenters. The zero-order chi connectivity index (χ0) is 10.9. The molecule has 0 spiro atoms. The number of rotatable bonds is 2. The first-order chi connectivity index (χ1) is 6.43. The van der Waals surface area contributed by atoms with Crippen molar-refractivity contribution in [1.82, 2.24) is 0 Å². The van der Waals surface area contributed by atoms with Crippen molar-refractivity contribution in [2.45, 2.75) is 0 Å². The molecule has 1 aromatic rings. The van der Waals surface area contributed by atoms with Crippen molar-refractivity contribution in [2.24, 2.45) is 0 Å². The summed E-state index contributed by atoms with van der Waals surface area (Å²) in [7, 11) is 0. The third kappa shape index (κ3) is 2.02. The molecule has 1 N–H and O–H groups in total. The molecular formula is C7H3BrClNO4. The number of nitro benzene ring substituents is 1. The van der Waals surface area contributed by atoms with E-state index in [1.807, 2.05) is 0 Å². The van der Waals surface area contributed by atoms with Gasteiger partial charge in [-0.3, -0.25) is 10.1 Å². The first-order valence-corrected chi connectivity index (χ1v) is 4.47. The van der Waals surface area contributed by atoms with Crippen molar-refractivity contribution in [1.29, 1.82) is 0 Å². The van der Waals surface area contributed by atoms with Crippen LogP contribution < -0.4 is 0 Å². The molecule has 0 unspecified atom stereocenters. The van der Waals surface area contributed by atoms with Crippen LogP contribution in [0.2, 0.25) is 5.02 Å². The molecule has 0 aromatic heterocycles. The van der Waals surface area contributed by atoms with Crippen LogP contribution in [0.25, 0.3) is 0 Å². The summed E-state index contributed by atoms with van der Waals surface area (Å²) in [5.74, 6) is -1.24. The van der Waals surface area contributed by atoms with Gasteiger partial charge in [0, 0.05) is 16.6 Å². The second kappa shape index (κ2) is 3.93. The van der Waals surface area contributed by atoms with Gasteiger partial charge in [0.15, 0.2) is 0 Å². The molecular weight excluding hydrogens is 277 g/mol. The Labute approximate surface area is 91.6 Å². The summed E-state index contributed by atoms with van der Waals surface area (Å²) in [6, 6.07) is 2.09. The van der Waals surface area contributed by atoms with Gasteiger partial charge in [-0.1, -0.05) is 11.6 Å². The summed E-state index contributed by atoms with van der Waals surface area (Å²) in [4.78, 5) is 20.4. The minimum Gasteiger partial charge on any atom is -0.478 e. The number of nitrogens with zero attached hydrogens (tertiary/aromatic N) is 1. The molecule has 0 saturated carbocycles. The number of nitro groups is 1. The van der Waals surface area contributed by atoms with E-state index in [-0.39, 0.29) is 20.7 Å². The van der Waals surface area contributed by atoms with Crippen LogP contribution >= 0.6 is 27.5 Å². The summed E-state index contributed by atoms with van der Waals surface area (Å²) in [5, 5.41) is 18.9. The zero-order valence-corrected chi connectivity index (χ0v) is 8.87. The number of non-ortho nitro benzene ring substituents is 1. The van der Waals surface area contributed by atoms with E-state index >= 15 is 0 Å². The molecule has 1 aromatic carbocycles. The van der Waals surface area contributed by atoms with E-state index in [4.69, 9.17) is 16.7 Å². The lowest BCUT2D eigenvalue weighted by molar-refractivity contribution is -0.384. The van der Waals surface area contributed by atoms with Gasteiger partial charge in [-0.2, -0.15) is 0 Å². The largest absolute Gasteiger partial charge is 0.478 e. The molecule has 0 aliphatic rings. The van der Waals surface area contributed by atoms with E-state index in [2.05, 4.69) is 15.9 Å². The number of hydrogen-bond acceptors (Lipinski definition) is 3. The number of carboxylic acids is 1. The lowest BCUT2D eigenvalue weighted by Gasteiger charge is -2.01. The molecule has 74 valence electrons. The van der Waals surface area contributed by atoms with Crippen molar-refractivity contribution in [3.8, 4) is 0 Å². The van der Waals surface area contributed by atoms with Gasteiger partial charge in [0.1, 0.15) is 0 Å². The standard InChI is InChI=1S/C7H3BrClNO4/c8-4-1-3(10(13)14)2-5(9)6(4)7(11)12/h1-2H,(H,11,12). The Hall–Kier alpha value is -1.14. The molecule has 1 rings (SSSR count). The van der Waals surface area contributed by atoms with Gasteiger partial charge in [-0.15, -0.1) is 0 Å². The Morgan fingerprint density at radius 3 is 2.50 bits per heavy atom. The van der Waals surface area contributed by atoms with Crippen LogP contribution in [0.4, 0.5) is 5.69 Å². The van der Waals surface area contributed by atoms with Crippen molar-refractivity contribution >= 4 is 39.2 Å². The average Bonchev–Trinajstić information content (AvgIpc) is 2.01. The number of benzene rings is 1. The molecule has 7 heteroatoms. The second-order valence-corrected chi connectivity index (χ2v) is 3.61. The quantitative estimate of drug-likeness (QED) is 0.667. The maximum absolute atomic E-state index is 10.6. The molecule has 0 heterocycles. The summed E-state index contributed by atoms with van der Waals surface area (Å²) in [6.45, 7) is 0. The summed E-state index contributed by atoms with van der Waals surface area (Å²) < 4.78 is 0.0872. The summed E-state index contributed by atoms with van der Waals surface area (Å²) in [5.41, 5.74) is -0.441. The first kappa shape index (κ1) is 10.9. The fourth-order valence-electron chi connectivity index (χ4n) is 0.869. The van der Waals surface area contributed by atoms with Gasteiger partial charge in [0.25, 0.3) is 5.69 Å². The van der Waals surface area contributed by atoms with Gasteiger partial charge in [0.2, 0.25) is 0 Å². The molecule has 5 nitrogen and oxygen atoms in total. The first-order valence-electron chi connectivity index (χ1n) is 3.30. The third-order valence-electron chi connectivity index (χ3n) is 1.45. The number of carboxylic acid groups (broad SMARTS) is 1. The van der Waals surface area contributed by atoms with Crippen LogP contribution in [-0.2, 0) is 0 Å². The Morgan fingerprint density at radius 1 is 1.57 bits per heavy atom. The van der Waals surface area contributed by atoms with Crippen LogP contribution in [0, 0.1) is 10.1 Å². The van der Waals surface area contributed by atoms with E-state index in [9.17, 15) is 14.9 Å². The highest BCUT2D eigenvalue weighted by Crippen LogP contribution is 2.30. The molecule has 0 amide bonds. The molecule has 0 bridgehead atoms. The Morgan fingerprint density at radius 2 is 2.14 bits per heavy atom. The minimum atomic E-state index is -1.24. The molecule has 0 aliphatic heterocycles. The molecule has 0 radical (unpaired) electrons. The highest BCUT2D eigenvalue weighted by atomic mass is 79.9. The second-order valence-electron chi connectivity index (χ2n) is 2.35. The Bertz CT molecular complexity index is 397. The maximum Gasteiger partial charge on any atom is 0.338 e. The van der Waals surface area contributed by atoms with Crippen molar-refractivity contribution in [2.75, 3.05) is 0 Å². The lowest BCUT2D eigenvalue weighted by atomic mass is 10.2. The SMILES string of the molecule is O=C(O)c1c(Cl)cc([N+](=O)[O-])cc1Br. The summed E-state index contributed by atoms with van der Waals surface area (Å²) in [6.07, 6.45) is 0. The lowest BCUT2D eigenvalue weighted by Crippen LogP contribution is -2.00. The van der Waals surface area contributed by atoms with Crippen LogP contribution in [0.1, 0.15) is 10.4 Å². The molecule has 0 aliphatic carbocycles. The Balaban J connectivity index is 3.39. The maximum atomic E-state index is 10.6. The predicted molar refractivity (Wildman–Crippen MR) is 52.8 cm³/mol. The third-order valence-corrected chi connectivity index (χ3v) is 2.38. The monoisotopic (exact) mass is 279 g/mol. The number of carbonyl (C=O) groups is 1. The van der Waals surface area contributed by atoms with Crippen LogP contribution in [-0.4, -0.2) is 16.0 Å². The van der Waals surface area contributed by atoms with E-state index in [1.54, 1.807) is 0 Å². The molecule has 0 saturated heterocycles. The number of aromatic carboxylic acids is 1. The fourth-order valence-corrected chi connectivity index (χ4v) is 1.90. The van der Waals surface area contributed by atoms with Crippen LogP contribution in [0.5, 0.6) is 0 Å². The average molecular weight is 280 g/mol. The van der Waals surface area contributed by atoms with Crippen molar-refractivity contribution in [3.05, 3.63) is 37.3 Å². The van der Waals surface area contributed by atoms with Crippen molar-refractivity contribution in [3.63, 3.8) is 0 Å². The van der Waals surface area contributed by atoms with Crippen LogP contribution in [0.15, 0.2) is 16.6 Å². The van der Waals surface area contributed by atoms with Crippen molar-refractivity contribution < 1.29 is 14.8 Å². The topological polar surface area (TPSA) is 80.4 Å². The summed E-state index contributed by atoms with van der Waals surface area (Å²) >= 11 is 8.46. The van der Waals surface area contributed by atoms with E-state index < -0.39 is 10.9 Å². The molecule has 14 heavy (non-hydrogen) atoms. The van der Waals surface area contributed by atoms with Gasteiger partial charge < -0.3 is 5.11 Å². The van der Waals surface area contributed by atoms with Gasteiger partial charge in [0.05, 0.1) is 15.5 Å². The number of halogens is 2. The van der Waals surface area contributed by atoms with Gasteiger partial charge in [-0.25, -0.2) is 4.79 Å². The molecule has 0 fully saturated rings. The van der Waals surface area contributed by atoms with Gasteiger partial charge >= 0.3 is 5.97 Å². The van der Waals surface area contributed by atoms with E-state index in [0.29, 0.717) is 0 Å². The minimum absolute atomic E-state index is 0.0872. The van der Waals surface area contributed by atoms with E-state index in [1.165, 1.54) is 0 Å². The van der Waals surface area contributed by atoms with Crippen LogP contribution in [0.3, 0.4) is 0 Å². The smallest absolute Gasteiger partial charge is 0.338 e. The van der Waals surface area contributed by atoms with Gasteiger partial charge in [-0.05, 0) is 15.9 Å². The Kier molecular flexibility index (Phi) is 3.07. The van der Waals surface area contributed by atoms with E-state index in [0.717, 1.165) is 12.1 Å². The number of hydrogen-bond donors (Lipinski definition) is 1. The highest BCUT2D eigenvalue weighted by molar-refractivity contribution is 9.10. The normalized spacial score (nSPS) is 9.86. The fraction of sp³-hybridized carbons (Fsp3) is 0.